The number of anilines is 1. The van der Waals surface area contributed by atoms with E-state index in [1.165, 1.54) is 13.2 Å². The second kappa shape index (κ2) is 11.0. The van der Waals surface area contributed by atoms with Gasteiger partial charge in [-0.3, -0.25) is 9.69 Å². The fraction of sp³-hybridized carbons (Fsp3) is 0.500. The third-order valence-corrected chi connectivity index (χ3v) is 8.52. The third kappa shape index (κ3) is 5.00. The second-order valence-electron chi connectivity index (χ2n) is 10.8. The van der Waals surface area contributed by atoms with Crippen molar-refractivity contribution in [3.05, 3.63) is 58.7 Å². The van der Waals surface area contributed by atoms with Crippen molar-refractivity contribution in [2.24, 2.45) is 0 Å². The van der Waals surface area contributed by atoms with E-state index in [9.17, 15) is 19.1 Å². The van der Waals surface area contributed by atoms with Gasteiger partial charge in [0.25, 0.3) is 0 Å². The molecule has 2 heterocycles. The number of aryl methyl sites for hydroxylation is 2. The number of nitrogens with zero attached hydrogens (tertiary/aromatic N) is 3. The monoisotopic (exact) mass is 537 g/mol. The molecule has 3 aromatic rings. The molecular weight excluding hydrogens is 501 g/mol. The number of imidazole rings is 1. The molecule has 1 saturated carbocycles. The Labute approximate surface area is 227 Å². The summed E-state index contributed by atoms with van der Waals surface area (Å²) < 4.78 is 27.3. The van der Waals surface area contributed by atoms with Crippen LogP contribution in [0.25, 0.3) is 11.0 Å². The molecule has 1 aliphatic heterocycles. The molecular formula is C30H36FN3O5. The molecule has 1 aromatic heterocycles. The number of carboxylic acid groups (broad SMARTS) is 1. The maximum absolute atomic E-state index is 14.4. The Bertz CT molecular complexity index is 1390. The predicted molar refractivity (Wildman–Crippen MR) is 146 cm³/mol. The number of carbonyl (C=O) groups is 2. The van der Waals surface area contributed by atoms with Crippen LogP contribution in [0.1, 0.15) is 73.5 Å². The van der Waals surface area contributed by atoms with Crippen molar-refractivity contribution in [3.63, 3.8) is 0 Å². The summed E-state index contributed by atoms with van der Waals surface area (Å²) >= 11 is 0. The Morgan fingerprint density at radius 1 is 1.13 bits per heavy atom. The van der Waals surface area contributed by atoms with E-state index in [0.717, 1.165) is 60.8 Å². The molecule has 0 bridgehead atoms. The van der Waals surface area contributed by atoms with Crippen molar-refractivity contribution in [1.29, 1.82) is 0 Å². The van der Waals surface area contributed by atoms with E-state index in [2.05, 4.69) is 4.57 Å². The van der Waals surface area contributed by atoms with Crippen LogP contribution in [0.5, 0.6) is 0 Å². The van der Waals surface area contributed by atoms with Gasteiger partial charge in [0.2, 0.25) is 0 Å². The normalized spacial score (nSPS) is 22.0. The first kappa shape index (κ1) is 27.1. The fourth-order valence-electron chi connectivity index (χ4n) is 6.27. The number of carbonyl (C=O) groups excluding carboxylic acids is 1. The first-order chi connectivity index (χ1) is 18.7. The minimum Gasteiger partial charge on any atom is -0.481 e. The minimum absolute atomic E-state index is 0.0129. The number of hydrogen-bond donors (Lipinski definition) is 1. The first-order valence-electron chi connectivity index (χ1n) is 13.6. The van der Waals surface area contributed by atoms with E-state index in [0.29, 0.717) is 17.0 Å². The summed E-state index contributed by atoms with van der Waals surface area (Å²) in [5.41, 5.74) is 4.36. The highest BCUT2D eigenvalue weighted by atomic mass is 19.1. The summed E-state index contributed by atoms with van der Waals surface area (Å²) in [6.07, 6.45) is 5.03. The summed E-state index contributed by atoms with van der Waals surface area (Å²) in [4.78, 5) is 31.9. The molecule has 208 valence electrons. The lowest BCUT2D eigenvalue weighted by molar-refractivity contribution is -0.138. The van der Waals surface area contributed by atoms with Gasteiger partial charge in [0.1, 0.15) is 11.6 Å². The van der Waals surface area contributed by atoms with Gasteiger partial charge in [0.15, 0.2) is 0 Å². The SMILES string of the molecule is COC(=O)N1c2ccc3c(nc(CC(C(=O)O)c4ccc(C)c(F)c4)n3[C@H]3CC[C@H](OC)CC3)c2CC[C@@H]1C. The van der Waals surface area contributed by atoms with Gasteiger partial charge < -0.3 is 19.1 Å². The van der Waals surface area contributed by atoms with E-state index < -0.39 is 23.8 Å². The van der Waals surface area contributed by atoms with E-state index in [4.69, 9.17) is 14.5 Å². The summed E-state index contributed by atoms with van der Waals surface area (Å²) in [6.45, 7) is 3.66. The number of ether oxygens (including phenoxy) is 2. The number of halogens is 1. The zero-order valence-corrected chi connectivity index (χ0v) is 22.9. The summed E-state index contributed by atoms with van der Waals surface area (Å²) in [7, 11) is 3.12. The van der Waals surface area contributed by atoms with E-state index >= 15 is 0 Å². The summed E-state index contributed by atoms with van der Waals surface area (Å²) in [6, 6.07) is 8.70. The van der Waals surface area contributed by atoms with Gasteiger partial charge in [-0.25, -0.2) is 14.2 Å². The Balaban J connectivity index is 1.63. The number of aromatic nitrogens is 2. The maximum atomic E-state index is 14.4. The van der Waals surface area contributed by atoms with E-state index in [1.54, 1.807) is 31.1 Å². The minimum atomic E-state index is -1.02. The number of carboxylic acids is 1. The Morgan fingerprint density at radius 2 is 1.87 bits per heavy atom. The van der Waals surface area contributed by atoms with Crippen LogP contribution in [0.3, 0.4) is 0 Å². The molecule has 2 atom stereocenters. The summed E-state index contributed by atoms with van der Waals surface area (Å²) in [5.74, 6) is -1.73. The number of aliphatic carboxylic acids is 1. The fourth-order valence-corrected chi connectivity index (χ4v) is 6.27. The summed E-state index contributed by atoms with van der Waals surface area (Å²) in [5, 5.41) is 10.2. The van der Waals surface area contributed by atoms with E-state index in [-0.39, 0.29) is 24.6 Å². The van der Waals surface area contributed by atoms with Crippen LogP contribution in [0.4, 0.5) is 14.9 Å². The largest absolute Gasteiger partial charge is 0.481 e. The highest BCUT2D eigenvalue weighted by Gasteiger charge is 2.34. The molecule has 5 rings (SSSR count). The van der Waals surface area contributed by atoms with Crippen LogP contribution in [0, 0.1) is 12.7 Å². The highest BCUT2D eigenvalue weighted by Crippen LogP contribution is 2.40. The number of methoxy groups -OCH3 is 2. The van der Waals surface area contributed by atoms with Crippen LogP contribution >= 0.6 is 0 Å². The lowest BCUT2D eigenvalue weighted by Gasteiger charge is -2.34. The van der Waals surface area contributed by atoms with Crippen molar-refractivity contribution in [2.45, 2.75) is 82.9 Å². The number of hydrogen-bond acceptors (Lipinski definition) is 5. The van der Waals surface area contributed by atoms with Crippen molar-refractivity contribution in [3.8, 4) is 0 Å². The molecule has 0 radical (unpaired) electrons. The van der Waals surface area contributed by atoms with E-state index in [1.807, 2.05) is 19.1 Å². The van der Waals surface area contributed by atoms with Crippen molar-refractivity contribution < 1.29 is 28.6 Å². The lowest BCUT2D eigenvalue weighted by Crippen LogP contribution is -2.42. The lowest BCUT2D eigenvalue weighted by atomic mass is 9.91. The average Bonchev–Trinajstić information content (AvgIpc) is 3.31. The van der Waals surface area contributed by atoms with Gasteiger partial charge in [0, 0.05) is 31.2 Å². The molecule has 1 N–H and O–H groups in total. The zero-order valence-electron chi connectivity index (χ0n) is 22.9. The number of rotatable bonds is 6. The molecule has 2 aromatic carbocycles. The smallest absolute Gasteiger partial charge is 0.414 e. The number of fused-ring (bicyclic) bond motifs is 3. The molecule has 1 amide bonds. The Kier molecular flexibility index (Phi) is 7.62. The second-order valence-corrected chi connectivity index (χ2v) is 10.8. The average molecular weight is 538 g/mol. The predicted octanol–water partition coefficient (Wildman–Crippen LogP) is 5.93. The van der Waals surface area contributed by atoms with Crippen LogP contribution in [-0.4, -0.2) is 53.1 Å². The van der Waals surface area contributed by atoms with Gasteiger partial charge in [-0.05, 0) is 81.7 Å². The van der Waals surface area contributed by atoms with Gasteiger partial charge in [-0.2, -0.15) is 0 Å². The van der Waals surface area contributed by atoms with Gasteiger partial charge in [-0.15, -0.1) is 0 Å². The Hall–Kier alpha value is -3.46. The maximum Gasteiger partial charge on any atom is 0.414 e. The third-order valence-electron chi connectivity index (χ3n) is 8.52. The molecule has 1 unspecified atom stereocenters. The van der Waals surface area contributed by atoms with Crippen molar-refractivity contribution in [1.82, 2.24) is 9.55 Å². The molecule has 8 nitrogen and oxygen atoms in total. The first-order valence-corrected chi connectivity index (χ1v) is 13.6. The Morgan fingerprint density at radius 3 is 2.51 bits per heavy atom. The molecule has 1 fully saturated rings. The zero-order chi connectivity index (χ0) is 27.8. The standard InChI is InChI=1S/C30H36FN3O5/c1-17-5-7-19(15-24(17)31)23(29(35)36)16-27-32-28-22-12-6-18(2)33(30(37)39-4)25(22)13-14-26(28)34(27)20-8-10-21(38-3)11-9-20/h5,7,13-15,18,20-21,23H,6,8-12,16H2,1-4H3,(H,35,36)/t18-,20-,21-,23?/m0/s1. The topological polar surface area (TPSA) is 93.9 Å². The quantitative estimate of drug-likeness (QED) is 0.419. The van der Waals surface area contributed by atoms with Gasteiger partial charge in [0.05, 0.1) is 35.9 Å². The van der Waals surface area contributed by atoms with Crippen LogP contribution < -0.4 is 4.90 Å². The highest BCUT2D eigenvalue weighted by molar-refractivity contribution is 5.95. The van der Waals surface area contributed by atoms with Crippen molar-refractivity contribution >= 4 is 28.8 Å². The van der Waals surface area contributed by atoms with Crippen LogP contribution in [0.2, 0.25) is 0 Å². The molecule has 9 heteroatoms. The molecule has 1 aliphatic carbocycles. The molecule has 2 aliphatic rings. The molecule has 0 spiro atoms. The number of benzene rings is 2. The van der Waals surface area contributed by atoms with Crippen LogP contribution in [0.15, 0.2) is 30.3 Å². The number of amides is 1. The van der Waals surface area contributed by atoms with Crippen LogP contribution in [-0.2, 0) is 27.1 Å². The molecule has 39 heavy (non-hydrogen) atoms. The molecule has 0 saturated heterocycles. The van der Waals surface area contributed by atoms with Crippen molar-refractivity contribution in [2.75, 3.05) is 19.1 Å². The van der Waals surface area contributed by atoms with Gasteiger partial charge in [-0.1, -0.05) is 12.1 Å². The van der Waals surface area contributed by atoms with Gasteiger partial charge >= 0.3 is 12.1 Å².